The third-order valence-corrected chi connectivity index (χ3v) is 0. The molecule has 0 rings (SSSR count). The summed E-state index contributed by atoms with van der Waals surface area (Å²) >= 11 is 0. The molecule has 0 aliphatic heterocycles. The van der Waals surface area contributed by atoms with Crippen molar-refractivity contribution in [2.45, 2.75) is 0 Å². The van der Waals surface area contributed by atoms with Crippen LogP contribution in [0.5, 0.6) is 0 Å². The van der Waals surface area contributed by atoms with Crippen molar-refractivity contribution in [3.63, 3.8) is 0 Å². The molecule has 29 valence electrons. The van der Waals surface area contributed by atoms with Crippen LogP contribution in [0.3, 0.4) is 0 Å². The smallest absolute Gasteiger partial charge is 0.429 e. The summed E-state index contributed by atoms with van der Waals surface area (Å²) in [4.78, 5) is 0. The van der Waals surface area contributed by atoms with Gasteiger partial charge in [0, 0.05) is 57.9 Å². The first-order valence-electron chi connectivity index (χ1n) is 0.516. The van der Waals surface area contributed by atoms with Crippen molar-refractivity contribution in [3.05, 3.63) is 0 Å². The summed E-state index contributed by atoms with van der Waals surface area (Å²) in [6.07, 6.45) is 0. The Hall–Kier alpha value is 1.86. The van der Waals surface area contributed by atoms with Crippen LogP contribution in [0.2, 0.25) is 0 Å². The fourth-order valence-electron chi connectivity index (χ4n) is 0. The van der Waals surface area contributed by atoms with Gasteiger partial charge in [0.05, 0.1) is 0 Å². The van der Waals surface area contributed by atoms with Gasteiger partial charge in [-0.2, -0.15) is 0 Å². The van der Waals surface area contributed by atoms with E-state index in [4.69, 9.17) is 10.0 Å². The van der Waals surface area contributed by atoms with Crippen molar-refractivity contribution in [1.82, 2.24) is 0 Å². The summed E-state index contributed by atoms with van der Waals surface area (Å²) in [5.74, 6) is 0. The Balaban J connectivity index is -0.0000000200. The van der Waals surface area contributed by atoms with E-state index in [0.717, 1.165) is 0 Å². The third kappa shape index (κ3) is 25.3. The van der Waals surface area contributed by atoms with Gasteiger partial charge < -0.3 is 10.0 Å². The van der Waals surface area contributed by atoms with E-state index in [1.165, 1.54) is 0 Å². The maximum atomic E-state index is 7.00. The first-order valence-corrected chi connectivity index (χ1v) is 0.516. The Morgan fingerprint density at radius 2 is 1.20 bits per heavy atom. The molecule has 0 heterocycles. The van der Waals surface area contributed by atoms with Gasteiger partial charge in [0.25, 0.3) is 0 Å². The molecule has 1 radical (unpaired) electrons. The topological polar surface area (TPSA) is 40.5 Å². The molecule has 0 saturated heterocycles. The van der Waals surface area contributed by atoms with Gasteiger partial charge in [-0.3, -0.25) is 0 Å². The van der Waals surface area contributed by atoms with Crippen LogP contribution >= 0.6 is 0 Å². The second kappa shape index (κ2) is 16.9. The SMILES string of the molecule is O[B]O.[Fe].[Nd]. The molecule has 0 aromatic heterocycles. The largest absolute Gasteiger partial charge is 0.482 e. The van der Waals surface area contributed by atoms with E-state index in [1.54, 1.807) is 0 Å². The van der Waals surface area contributed by atoms with Crippen molar-refractivity contribution in [2.24, 2.45) is 0 Å². The average molecular weight is 245 g/mol. The number of hydrogen-bond donors (Lipinski definition) is 2. The zero-order valence-electron chi connectivity index (χ0n) is 2.33. The van der Waals surface area contributed by atoms with Gasteiger partial charge in [0.1, 0.15) is 0 Å². The van der Waals surface area contributed by atoms with Gasteiger partial charge in [0.2, 0.25) is 0 Å². The van der Waals surface area contributed by atoms with Crippen LogP contribution < -0.4 is 0 Å². The van der Waals surface area contributed by atoms with E-state index in [2.05, 4.69) is 0 Å². The summed E-state index contributed by atoms with van der Waals surface area (Å²) in [7, 11) is 0. The fraction of sp³-hybridized carbons (Fsp3) is 0. The molecule has 5 heavy (non-hydrogen) atoms. The number of rotatable bonds is 0. The molecule has 0 unspecified atom stereocenters. The van der Waals surface area contributed by atoms with Crippen LogP contribution in [-0.4, -0.2) is 17.7 Å². The molecule has 0 bridgehead atoms. The van der Waals surface area contributed by atoms with Crippen molar-refractivity contribution in [3.8, 4) is 0 Å². The van der Waals surface area contributed by atoms with Gasteiger partial charge in [0.15, 0.2) is 0 Å². The van der Waals surface area contributed by atoms with Crippen molar-refractivity contribution in [1.29, 1.82) is 0 Å². The molecule has 5 heteroatoms. The Morgan fingerprint density at radius 1 is 1.20 bits per heavy atom. The minimum absolute atomic E-state index is 0. The molecule has 0 atom stereocenters. The molecular formula is H2BFeNdO2. The monoisotopic (exact) mass is 243 g/mol. The van der Waals surface area contributed by atoms with E-state index in [9.17, 15) is 0 Å². The zero-order valence-corrected chi connectivity index (χ0v) is 6.64. The summed E-state index contributed by atoms with van der Waals surface area (Å²) < 4.78 is 0. The second-order valence-corrected chi connectivity index (χ2v) is 0.115. The van der Waals surface area contributed by atoms with Gasteiger partial charge in [-0.1, -0.05) is 0 Å². The molecule has 0 aromatic rings. The molecule has 0 spiro atoms. The van der Waals surface area contributed by atoms with Crippen LogP contribution in [0.1, 0.15) is 0 Å². The Kier molecular flexibility index (Phi) is 53.5. The van der Waals surface area contributed by atoms with Gasteiger partial charge in [-0.05, 0) is 0 Å². The van der Waals surface area contributed by atoms with Crippen LogP contribution in [0.25, 0.3) is 0 Å². The van der Waals surface area contributed by atoms with Gasteiger partial charge in [-0.15, -0.1) is 0 Å². The van der Waals surface area contributed by atoms with Crippen LogP contribution in [0.4, 0.5) is 0 Å². The molecular weight excluding hydrogens is 243 g/mol. The van der Waals surface area contributed by atoms with Crippen molar-refractivity contribution >= 4 is 7.69 Å². The minimum atomic E-state index is 0. The first-order chi connectivity index (χ1) is 1.41. The molecule has 0 aromatic carbocycles. The Bertz CT molecular complexity index is 9.61. The molecule has 0 saturated carbocycles. The Morgan fingerprint density at radius 3 is 1.20 bits per heavy atom. The minimum Gasteiger partial charge on any atom is -0.429 e. The molecule has 0 amide bonds. The van der Waals surface area contributed by atoms with Gasteiger partial charge in [-0.25, -0.2) is 0 Å². The maximum Gasteiger partial charge on any atom is 0.482 e. The fourth-order valence-corrected chi connectivity index (χ4v) is 0. The van der Waals surface area contributed by atoms with E-state index in [0.29, 0.717) is 0 Å². The Labute approximate surface area is 74.6 Å². The number of hydrogen-bond acceptors (Lipinski definition) is 2. The summed E-state index contributed by atoms with van der Waals surface area (Å²) in [5.41, 5.74) is 0. The first kappa shape index (κ1) is 15.8. The predicted molar refractivity (Wildman–Crippen MR) is 10.2 cm³/mol. The van der Waals surface area contributed by atoms with E-state index in [-0.39, 0.29) is 65.6 Å². The second-order valence-electron chi connectivity index (χ2n) is 0.115. The van der Waals surface area contributed by atoms with E-state index < -0.39 is 0 Å². The normalized spacial score (nSPS) is 2.80. The molecule has 0 aliphatic carbocycles. The molecule has 2 nitrogen and oxygen atoms in total. The van der Waals surface area contributed by atoms with Crippen molar-refractivity contribution < 1.29 is 68.0 Å². The predicted octanol–water partition coefficient (Wildman–Crippen LogP) is -1.50. The van der Waals surface area contributed by atoms with E-state index >= 15 is 0 Å². The quantitative estimate of drug-likeness (QED) is 0.510. The average Bonchev–Trinajstić information content (AvgIpc) is 0.918. The summed E-state index contributed by atoms with van der Waals surface area (Å²) in [6.45, 7) is 0. The zero-order chi connectivity index (χ0) is 2.71. The van der Waals surface area contributed by atoms with Gasteiger partial charge >= 0.3 is 7.69 Å². The standard InChI is InChI=1S/BH2O2.Fe.Nd/c2-1-3;;/h2-3H;;. The molecule has 2 N–H and O–H groups in total. The summed E-state index contributed by atoms with van der Waals surface area (Å²) in [5, 5.41) is 14.0. The molecule has 0 fully saturated rings. The van der Waals surface area contributed by atoms with Crippen LogP contribution in [0.15, 0.2) is 0 Å². The van der Waals surface area contributed by atoms with E-state index in [1.807, 2.05) is 0 Å². The maximum absolute atomic E-state index is 7.00. The van der Waals surface area contributed by atoms with Crippen LogP contribution in [-0.2, 0) is 17.1 Å². The third-order valence-electron chi connectivity index (χ3n) is 0. The van der Waals surface area contributed by atoms with Crippen molar-refractivity contribution in [2.75, 3.05) is 0 Å². The van der Waals surface area contributed by atoms with Crippen LogP contribution in [0, 0.1) is 40.8 Å². The summed E-state index contributed by atoms with van der Waals surface area (Å²) in [6, 6.07) is 0. The molecule has 0 aliphatic rings.